The number of nitrogens with two attached hydrogens (primary N) is 1. The van der Waals surface area contributed by atoms with Crippen LogP contribution in [0.4, 0.5) is 0 Å². The van der Waals surface area contributed by atoms with E-state index in [-0.39, 0.29) is 11.9 Å². The molecule has 0 rings (SSSR count). The van der Waals surface area contributed by atoms with Gasteiger partial charge in [-0.2, -0.15) is 5.26 Å². The van der Waals surface area contributed by atoms with Crippen LogP contribution in [0.15, 0.2) is 5.16 Å². The molecular weight excluding hydrogens is 198 g/mol. The van der Waals surface area contributed by atoms with Gasteiger partial charge in [-0.1, -0.05) is 5.16 Å². The number of nitriles is 1. The SMILES string of the molecule is CC(COCCC#N)OCC/C(N)=N/O. The molecule has 0 fully saturated rings. The van der Waals surface area contributed by atoms with E-state index >= 15 is 0 Å². The largest absolute Gasteiger partial charge is 0.409 e. The van der Waals surface area contributed by atoms with Crippen molar-refractivity contribution in [1.29, 1.82) is 5.26 Å². The molecule has 0 heterocycles. The van der Waals surface area contributed by atoms with E-state index in [1.54, 1.807) is 0 Å². The van der Waals surface area contributed by atoms with Crippen LogP contribution in [-0.4, -0.2) is 37.0 Å². The highest BCUT2D eigenvalue weighted by Crippen LogP contribution is 1.94. The van der Waals surface area contributed by atoms with Crippen molar-refractivity contribution in [2.45, 2.75) is 25.9 Å². The Labute approximate surface area is 89.3 Å². The first-order valence-corrected chi connectivity index (χ1v) is 4.73. The molecule has 0 aromatic carbocycles. The molecule has 86 valence electrons. The van der Waals surface area contributed by atoms with E-state index in [1.807, 2.05) is 13.0 Å². The Bertz CT molecular complexity index is 225. The molecule has 0 aliphatic rings. The van der Waals surface area contributed by atoms with E-state index in [1.165, 1.54) is 0 Å². The van der Waals surface area contributed by atoms with Crippen molar-refractivity contribution in [1.82, 2.24) is 0 Å². The van der Waals surface area contributed by atoms with Gasteiger partial charge in [-0.05, 0) is 6.92 Å². The molecule has 0 aliphatic heterocycles. The summed E-state index contributed by atoms with van der Waals surface area (Å²) in [6.07, 6.45) is 0.714. The first-order chi connectivity index (χ1) is 7.20. The third kappa shape index (κ3) is 9.00. The lowest BCUT2D eigenvalue weighted by atomic mass is 10.4. The van der Waals surface area contributed by atoms with Gasteiger partial charge >= 0.3 is 0 Å². The minimum Gasteiger partial charge on any atom is -0.409 e. The summed E-state index contributed by atoms with van der Waals surface area (Å²) in [5.74, 6) is 0.146. The highest BCUT2D eigenvalue weighted by atomic mass is 16.5. The number of hydrogen-bond donors (Lipinski definition) is 2. The Morgan fingerprint density at radius 2 is 2.33 bits per heavy atom. The van der Waals surface area contributed by atoms with Crippen molar-refractivity contribution in [3.8, 4) is 6.07 Å². The van der Waals surface area contributed by atoms with Crippen molar-refractivity contribution >= 4 is 5.84 Å². The van der Waals surface area contributed by atoms with E-state index in [2.05, 4.69) is 5.16 Å². The molecule has 0 bridgehead atoms. The second kappa shape index (κ2) is 9.24. The second-order valence-electron chi connectivity index (χ2n) is 3.01. The summed E-state index contributed by atoms with van der Waals surface area (Å²) in [5.41, 5.74) is 5.25. The summed E-state index contributed by atoms with van der Waals surface area (Å²) in [5, 5.41) is 19.3. The van der Waals surface area contributed by atoms with Gasteiger partial charge in [-0.15, -0.1) is 0 Å². The fraction of sp³-hybridized carbons (Fsp3) is 0.778. The number of nitrogens with zero attached hydrogens (tertiary/aromatic N) is 2. The molecule has 0 radical (unpaired) electrons. The molecule has 0 spiro atoms. The van der Waals surface area contributed by atoms with Crippen LogP contribution in [0.25, 0.3) is 0 Å². The van der Waals surface area contributed by atoms with Crippen LogP contribution in [0.3, 0.4) is 0 Å². The third-order valence-electron chi connectivity index (χ3n) is 1.60. The smallest absolute Gasteiger partial charge is 0.141 e. The molecule has 0 aliphatic carbocycles. The summed E-state index contributed by atoms with van der Waals surface area (Å²) >= 11 is 0. The van der Waals surface area contributed by atoms with Crippen LogP contribution >= 0.6 is 0 Å². The maximum Gasteiger partial charge on any atom is 0.141 e. The van der Waals surface area contributed by atoms with Crippen molar-refractivity contribution in [2.75, 3.05) is 19.8 Å². The van der Waals surface area contributed by atoms with Crippen molar-refractivity contribution in [2.24, 2.45) is 10.9 Å². The minimum atomic E-state index is -0.0600. The van der Waals surface area contributed by atoms with Crippen LogP contribution in [0.5, 0.6) is 0 Å². The lowest BCUT2D eigenvalue weighted by molar-refractivity contribution is -0.00270. The molecule has 15 heavy (non-hydrogen) atoms. The first-order valence-electron chi connectivity index (χ1n) is 4.73. The standard InChI is InChI=1S/C9H17N3O3/c1-8(7-14-5-2-4-10)15-6-3-9(11)12-13/h8,13H,2-3,5-7H2,1H3,(H2,11,12). The number of ether oxygens (including phenoxy) is 2. The fourth-order valence-electron chi connectivity index (χ4n) is 0.830. The van der Waals surface area contributed by atoms with Gasteiger partial charge in [0.25, 0.3) is 0 Å². The van der Waals surface area contributed by atoms with Gasteiger partial charge in [-0.25, -0.2) is 0 Å². The van der Waals surface area contributed by atoms with Crippen LogP contribution in [-0.2, 0) is 9.47 Å². The molecule has 1 atom stereocenters. The molecule has 0 saturated carbocycles. The molecule has 6 nitrogen and oxygen atoms in total. The maximum absolute atomic E-state index is 8.25. The molecule has 0 amide bonds. The van der Waals surface area contributed by atoms with Gasteiger partial charge in [-0.3, -0.25) is 0 Å². The van der Waals surface area contributed by atoms with Crippen LogP contribution < -0.4 is 5.73 Å². The van der Waals surface area contributed by atoms with Crippen molar-refractivity contribution in [3.05, 3.63) is 0 Å². The van der Waals surface area contributed by atoms with Gasteiger partial charge in [0.15, 0.2) is 0 Å². The zero-order valence-corrected chi connectivity index (χ0v) is 8.85. The summed E-state index contributed by atoms with van der Waals surface area (Å²) in [7, 11) is 0. The van der Waals surface area contributed by atoms with E-state index in [9.17, 15) is 0 Å². The van der Waals surface area contributed by atoms with Gasteiger partial charge < -0.3 is 20.4 Å². The lowest BCUT2D eigenvalue weighted by Crippen LogP contribution is -2.20. The normalized spacial score (nSPS) is 13.5. The summed E-state index contributed by atoms with van der Waals surface area (Å²) in [4.78, 5) is 0. The van der Waals surface area contributed by atoms with Crippen molar-refractivity contribution in [3.63, 3.8) is 0 Å². The van der Waals surface area contributed by atoms with Crippen LogP contribution in [0.2, 0.25) is 0 Å². The predicted octanol–water partition coefficient (Wildman–Crippen LogP) is 0.458. The summed E-state index contributed by atoms with van der Waals surface area (Å²) in [6.45, 7) is 3.11. The lowest BCUT2D eigenvalue weighted by Gasteiger charge is -2.12. The number of oxime groups is 1. The number of rotatable bonds is 8. The first kappa shape index (κ1) is 13.7. The monoisotopic (exact) mass is 215 g/mol. The third-order valence-corrected chi connectivity index (χ3v) is 1.60. The zero-order valence-electron chi connectivity index (χ0n) is 8.85. The van der Waals surface area contributed by atoms with E-state index in [0.717, 1.165) is 0 Å². The average molecular weight is 215 g/mol. The topological polar surface area (TPSA) is 101 Å². The molecule has 0 aromatic heterocycles. The Hall–Kier alpha value is -1.32. The minimum absolute atomic E-state index is 0.0600. The Kier molecular flexibility index (Phi) is 8.43. The highest BCUT2D eigenvalue weighted by molar-refractivity contribution is 5.79. The molecule has 0 saturated heterocycles. The molecule has 6 heteroatoms. The van der Waals surface area contributed by atoms with E-state index in [4.69, 9.17) is 25.7 Å². The van der Waals surface area contributed by atoms with Gasteiger partial charge in [0.1, 0.15) is 5.84 Å². The average Bonchev–Trinajstić information content (AvgIpc) is 2.24. The Morgan fingerprint density at radius 1 is 1.60 bits per heavy atom. The van der Waals surface area contributed by atoms with Crippen LogP contribution in [0.1, 0.15) is 19.8 Å². The molecule has 3 N–H and O–H groups in total. The fourth-order valence-corrected chi connectivity index (χ4v) is 0.830. The summed E-state index contributed by atoms with van der Waals surface area (Å²) in [6, 6.07) is 1.98. The number of hydrogen-bond acceptors (Lipinski definition) is 5. The second-order valence-corrected chi connectivity index (χ2v) is 3.01. The highest BCUT2D eigenvalue weighted by Gasteiger charge is 2.02. The van der Waals surface area contributed by atoms with Gasteiger partial charge in [0, 0.05) is 6.42 Å². The molecule has 1 unspecified atom stereocenters. The van der Waals surface area contributed by atoms with Gasteiger partial charge in [0.05, 0.1) is 38.4 Å². The van der Waals surface area contributed by atoms with E-state index < -0.39 is 0 Å². The predicted molar refractivity (Wildman–Crippen MR) is 54.5 cm³/mol. The van der Waals surface area contributed by atoms with Gasteiger partial charge in [0.2, 0.25) is 0 Å². The Morgan fingerprint density at radius 3 is 2.93 bits per heavy atom. The maximum atomic E-state index is 8.25. The quantitative estimate of drug-likeness (QED) is 0.201. The Balaban J connectivity index is 3.34. The molecule has 0 aromatic rings. The van der Waals surface area contributed by atoms with E-state index in [0.29, 0.717) is 32.7 Å². The van der Waals surface area contributed by atoms with Crippen molar-refractivity contribution < 1.29 is 14.7 Å². The molecular formula is C9H17N3O3. The zero-order chi connectivity index (χ0) is 11.5. The van der Waals surface area contributed by atoms with Crippen LogP contribution in [0, 0.1) is 11.3 Å². The summed E-state index contributed by atoms with van der Waals surface area (Å²) < 4.78 is 10.5. The number of amidine groups is 1.